The summed E-state index contributed by atoms with van der Waals surface area (Å²) in [7, 11) is 1.55. The van der Waals surface area contributed by atoms with Crippen LogP contribution in [0.15, 0.2) is 78.4 Å². The summed E-state index contributed by atoms with van der Waals surface area (Å²) in [6.07, 6.45) is 3.12. The zero-order valence-corrected chi connectivity index (χ0v) is 22.9. The number of esters is 1. The molecule has 4 rings (SSSR count). The van der Waals surface area contributed by atoms with E-state index in [1.807, 2.05) is 0 Å². The number of hydrogen-bond acceptors (Lipinski definition) is 7. The van der Waals surface area contributed by atoms with Gasteiger partial charge in [0.15, 0.2) is 0 Å². The number of methoxy groups -OCH3 is 1. The quantitative estimate of drug-likeness (QED) is 0.103. The van der Waals surface area contributed by atoms with Crippen molar-refractivity contribution in [2.45, 2.75) is 39.2 Å². The average Bonchev–Trinajstić information content (AvgIpc) is 3.25. The summed E-state index contributed by atoms with van der Waals surface area (Å²) in [6.45, 7) is 4.67. The molecule has 3 aromatic rings. The Morgan fingerprint density at radius 1 is 0.850 bits per heavy atom. The average molecular weight is 544 g/mol. The van der Waals surface area contributed by atoms with Gasteiger partial charge in [0, 0.05) is 11.3 Å². The van der Waals surface area contributed by atoms with Gasteiger partial charge in [0.25, 0.3) is 11.7 Å². The molecule has 0 saturated carbocycles. The molecule has 1 heterocycles. The Labute approximate surface area is 233 Å². The number of aliphatic hydroxyl groups excluding tert-OH is 1. The normalized spacial score (nSPS) is 16.2. The lowest BCUT2D eigenvalue weighted by Gasteiger charge is -2.25. The Kier molecular flexibility index (Phi) is 9.22. The van der Waals surface area contributed by atoms with Gasteiger partial charge in [-0.1, -0.05) is 31.9 Å². The van der Waals surface area contributed by atoms with Crippen molar-refractivity contribution in [2.75, 3.05) is 25.2 Å². The van der Waals surface area contributed by atoms with E-state index in [1.165, 1.54) is 17.0 Å². The van der Waals surface area contributed by atoms with Crippen LogP contribution in [0, 0.1) is 0 Å². The molecule has 8 heteroatoms. The van der Waals surface area contributed by atoms with Gasteiger partial charge in [-0.05, 0) is 79.6 Å². The number of rotatable bonds is 11. The second-order valence-electron chi connectivity index (χ2n) is 9.29. The predicted octanol–water partition coefficient (Wildman–Crippen LogP) is 6.07. The summed E-state index contributed by atoms with van der Waals surface area (Å²) < 4.78 is 16.1. The summed E-state index contributed by atoms with van der Waals surface area (Å²) in [5.41, 5.74) is 1.66. The number of unbranched alkanes of at least 4 members (excludes halogenated alkanes) is 2. The minimum absolute atomic E-state index is 0.0405. The molecule has 1 aliphatic rings. The first kappa shape index (κ1) is 28.4. The molecule has 1 fully saturated rings. The topological polar surface area (TPSA) is 102 Å². The van der Waals surface area contributed by atoms with Crippen LogP contribution in [0.1, 0.15) is 60.6 Å². The van der Waals surface area contributed by atoms with Crippen LogP contribution in [0.5, 0.6) is 11.5 Å². The molecule has 1 unspecified atom stereocenters. The predicted molar refractivity (Wildman–Crippen MR) is 152 cm³/mol. The van der Waals surface area contributed by atoms with Crippen molar-refractivity contribution in [3.05, 3.63) is 95.1 Å². The number of Topliss-reactive ketones (excluding diaryl/α,β-unsaturated/α-hetero) is 1. The van der Waals surface area contributed by atoms with Crippen molar-refractivity contribution in [1.29, 1.82) is 0 Å². The summed E-state index contributed by atoms with van der Waals surface area (Å²) >= 11 is 0. The zero-order chi connectivity index (χ0) is 28.6. The van der Waals surface area contributed by atoms with Gasteiger partial charge in [0.1, 0.15) is 17.3 Å². The van der Waals surface area contributed by atoms with Gasteiger partial charge < -0.3 is 19.3 Å². The number of nitrogens with zero attached hydrogens (tertiary/aromatic N) is 1. The van der Waals surface area contributed by atoms with Crippen LogP contribution in [-0.4, -0.2) is 43.1 Å². The van der Waals surface area contributed by atoms with E-state index < -0.39 is 23.7 Å². The minimum atomic E-state index is -0.913. The van der Waals surface area contributed by atoms with Crippen molar-refractivity contribution < 1.29 is 33.7 Å². The molecule has 3 aromatic carbocycles. The third-order valence-corrected chi connectivity index (χ3v) is 6.68. The molecule has 8 nitrogen and oxygen atoms in total. The standard InChI is InChI=1S/C32H33NO7/c1-4-6-7-20-40-26-18-12-22(13-19-26)29(34)27-28(21-10-16-25(38-3)17-11-21)33(31(36)30(27)35)24-14-8-23(9-15-24)32(37)39-5-2/h8-19,28,34H,4-7,20H2,1-3H3/b29-27+. The van der Waals surface area contributed by atoms with Crippen LogP contribution in [-0.2, 0) is 14.3 Å². The molecule has 1 amide bonds. The van der Waals surface area contributed by atoms with Gasteiger partial charge in [-0.2, -0.15) is 0 Å². The fraction of sp³-hybridized carbons (Fsp3) is 0.281. The summed E-state index contributed by atoms with van der Waals surface area (Å²) in [4.78, 5) is 40.3. The Balaban J connectivity index is 1.74. The molecule has 0 aliphatic carbocycles. The first-order valence-corrected chi connectivity index (χ1v) is 13.3. The molecule has 1 aliphatic heterocycles. The van der Waals surface area contributed by atoms with E-state index in [9.17, 15) is 19.5 Å². The first-order valence-electron chi connectivity index (χ1n) is 13.3. The van der Waals surface area contributed by atoms with Crippen LogP contribution in [0.3, 0.4) is 0 Å². The van der Waals surface area contributed by atoms with Crippen LogP contribution in [0.25, 0.3) is 5.76 Å². The van der Waals surface area contributed by atoms with Crippen molar-refractivity contribution in [2.24, 2.45) is 0 Å². The maximum absolute atomic E-state index is 13.4. The van der Waals surface area contributed by atoms with E-state index >= 15 is 0 Å². The van der Waals surface area contributed by atoms with Crippen LogP contribution >= 0.6 is 0 Å². The number of ketones is 1. The highest BCUT2D eigenvalue weighted by molar-refractivity contribution is 6.51. The number of amides is 1. The molecule has 1 atom stereocenters. The van der Waals surface area contributed by atoms with Crippen molar-refractivity contribution >= 4 is 29.1 Å². The van der Waals surface area contributed by atoms with E-state index in [0.717, 1.165) is 19.3 Å². The molecule has 0 aromatic heterocycles. The Hall–Kier alpha value is -4.59. The fourth-order valence-electron chi connectivity index (χ4n) is 4.58. The second-order valence-corrected chi connectivity index (χ2v) is 9.29. The Morgan fingerprint density at radius 2 is 1.48 bits per heavy atom. The fourth-order valence-corrected chi connectivity index (χ4v) is 4.58. The minimum Gasteiger partial charge on any atom is -0.507 e. The molecule has 0 spiro atoms. The number of carbonyl (C=O) groups excluding carboxylic acids is 3. The van der Waals surface area contributed by atoms with E-state index in [-0.39, 0.29) is 17.9 Å². The highest BCUT2D eigenvalue weighted by atomic mass is 16.5. The first-order chi connectivity index (χ1) is 19.4. The summed E-state index contributed by atoms with van der Waals surface area (Å²) in [5.74, 6) is -1.12. The van der Waals surface area contributed by atoms with Crippen LogP contribution in [0.2, 0.25) is 0 Å². The Morgan fingerprint density at radius 3 is 2.08 bits per heavy atom. The number of hydrogen-bond donors (Lipinski definition) is 1. The molecule has 1 N–H and O–H groups in total. The van der Waals surface area contributed by atoms with E-state index in [2.05, 4.69) is 6.92 Å². The van der Waals surface area contributed by atoms with E-state index in [0.29, 0.717) is 40.5 Å². The molecular formula is C32H33NO7. The number of anilines is 1. The van der Waals surface area contributed by atoms with E-state index in [1.54, 1.807) is 74.7 Å². The van der Waals surface area contributed by atoms with Gasteiger partial charge in [-0.15, -0.1) is 0 Å². The molecule has 0 bridgehead atoms. The lowest BCUT2D eigenvalue weighted by atomic mass is 9.95. The van der Waals surface area contributed by atoms with Gasteiger partial charge in [-0.3, -0.25) is 14.5 Å². The number of benzene rings is 3. The molecular weight excluding hydrogens is 510 g/mol. The lowest BCUT2D eigenvalue weighted by molar-refractivity contribution is -0.132. The number of aliphatic hydroxyl groups is 1. The highest BCUT2D eigenvalue weighted by Crippen LogP contribution is 2.42. The maximum Gasteiger partial charge on any atom is 0.338 e. The zero-order valence-electron chi connectivity index (χ0n) is 22.9. The third-order valence-electron chi connectivity index (χ3n) is 6.68. The van der Waals surface area contributed by atoms with Gasteiger partial charge in [0.05, 0.1) is 37.5 Å². The molecule has 0 radical (unpaired) electrons. The smallest absolute Gasteiger partial charge is 0.338 e. The molecule has 208 valence electrons. The van der Waals surface area contributed by atoms with Crippen molar-refractivity contribution in [3.63, 3.8) is 0 Å². The third kappa shape index (κ3) is 6.01. The largest absolute Gasteiger partial charge is 0.507 e. The monoisotopic (exact) mass is 543 g/mol. The lowest BCUT2D eigenvalue weighted by Crippen LogP contribution is -2.29. The molecule has 1 saturated heterocycles. The van der Waals surface area contributed by atoms with Gasteiger partial charge >= 0.3 is 5.97 Å². The van der Waals surface area contributed by atoms with Crippen molar-refractivity contribution in [1.82, 2.24) is 0 Å². The highest BCUT2D eigenvalue weighted by Gasteiger charge is 2.47. The van der Waals surface area contributed by atoms with Crippen LogP contribution in [0.4, 0.5) is 5.69 Å². The summed E-state index contributed by atoms with van der Waals surface area (Å²) in [5, 5.41) is 11.4. The maximum atomic E-state index is 13.4. The van der Waals surface area contributed by atoms with E-state index in [4.69, 9.17) is 14.2 Å². The molecule has 40 heavy (non-hydrogen) atoms. The van der Waals surface area contributed by atoms with Gasteiger partial charge in [-0.25, -0.2) is 4.79 Å². The van der Waals surface area contributed by atoms with Crippen LogP contribution < -0.4 is 14.4 Å². The van der Waals surface area contributed by atoms with Crippen molar-refractivity contribution in [3.8, 4) is 11.5 Å². The number of ether oxygens (including phenoxy) is 3. The van der Waals surface area contributed by atoms with Gasteiger partial charge in [0.2, 0.25) is 0 Å². The Bertz CT molecular complexity index is 1380. The SMILES string of the molecule is CCCCCOc1ccc(/C(O)=C2\C(=O)C(=O)N(c3ccc(C(=O)OCC)cc3)C2c2ccc(OC)cc2)cc1. The second kappa shape index (κ2) is 13.0. The number of carbonyl (C=O) groups is 3. The summed E-state index contributed by atoms with van der Waals surface area (Å²) in [6, 6.07) is 19.1.